The van der Waals surface area contributed by atoms with E-state index in [2.05, 4.69) is 9.97 Å². The molecule has 0 aliphatic rings. The molecular formula is C8H12N2O2. The van der Waals surface area contributed by atoms with Crippen molar-refractivity contribution in [2.75, 3.05) is 7.11 Å². The Kier molecular flexibility index (Phi) is 2.60. The highest BCUT2D eigenvalue weighted by molar-refractivity contribution is 5.93. The Morgan fingerprint density at radius 3 is 2.75 bits per heavy atom. The molecule has 66 valence electrons. The van der Waals surface area contributed by atoms with Crippen LogP contribution >= 0.6 is 0 Å². The maximum atomic E-state index is 11.0. The second-order valence-electron chi connectivity index (χ2n) is 2.65. The van der Waals surface area contributed by atoms with Gasteiger partial charge in [-0.1, -0.05) is 0 Å². The maximum Gasteiger partial charge on any atom is 0.179 e. The summed E-state index contributed by atoms with van der Waals surface area (Å²) in [6.45, 7) is 3.73. The van der Waals surface area contributed by atoms with Crippen molar-refractivity contribution in [3.05, 3.63) is 17.2 Å². The number of ether oxygens (including phenoxy) is 1. The Labute approximate surface area is 71.0 Å². The van der Waals surface area contributed by atoms with Crippen LogP contribution in [0.1, 0.15) is 28.9 Å². The molecule has 1 heterocycles. The van der Waals surface area contributed by atoms with Gasteiger partial charge in [-0.25, -0.2) is 4.98 Å². The molecule has 0 unspecified atom stereocenters. The summed E-state index contributed by atoms with van der Waals surface area (Å²) >= 11 is 0. The lowest BCUT2D eigenvalue weighted by Gasteiger charge is -1.89. The molecule has 4 nitrogen and oxygen atoms in total. The fourth-order valence-electron chi connectivity index (χ4n) is 1.07. The van der Waals surface area contributed by atoms with Crippen molar-refractivity contribution in [3.8, 4) is 0 Å². The molecular weight excluding hydrogens is 156 g/mol. The molecule has 0 amide bonds. The summed E-state index contributed by atoms with van der Waals surface area (Å²) in [6.07, 6.45) is 0. The second-order valence-corrected chi connectivity index (χ2v) is 2.65. The van der Waals surface area contributed by atoms with Crippen LogP contribution in [0.5, 0.6) is 0 Å². The number of carbonyl (C=O) groups is 1. The van der Waals surface area contributed by atoms with E-state index in [0.717, 1.165) is 5.69 Å². The van der Waals surface area contributed by atoms with Crippen molar-refractivity contribution in [1.82, 2.24) is 9.97 Å². The summed E-state index contributed by atoms with van der Waals surface area (Å²) in [6, 6.07) is 0. The van der Waals surface area contributed by atoms with Crippen LogP contribution in [0.3, 0.4) is 0 Å². The Hall–Kier alpha value is -1.16. The zero-order valence-corrected chi connectivity index (χ0v) is 7.47. The number of aromatic nitrogens is 2. The zero-order valence-electron chi connectivity index (χ0n) is 7.47. The van der Waals surface area contributed by atoms with Crippen LogP contribution < -0.4 is 0 Å². The lowest BCUT2D eigenvalue weighted by atomic mass is 10.3. The smallest absolute Gasteiger partial charge is 0.179 e. The normalized spacial score (nSPS) is 10.2. The van der Waals surface area contributed by atoms with Gasteiger partial charge in [0.2, 0.25) is 0 Å². The first-order valence-electron chi connectivity index (χ1n) is 3.70. The summed E-state index contributed by atoms with van der Waals surface area (Å²) in [5.41, 5.74) is 1.30. The van der Waals surface area contributed by atoms with Gasteiger partial charge in [-0.3, -0.25) is 4.79 Å². The largest absolute Gasteiger partial charge is 0.377 e. The molecule has 0 spiro atoms. The average Bonchev–Trinajstić information content (AvgIpc) is 2.32. The number of hydrogen-bond donors (Lipinski definition) is 1. The van der Waals surface area contributed by atoms with Gasteiger partial charge in [-0.05, 0) is 6.92 Å². The van der Waals surface area contributed by atoms with Gasteiger partial charge in [0.1, 0.15) is 18.1 Å². The van der Waals surface area contributed by atoms with Crippen LogP contribution in [0.2, 0.25) is 0 Å². The van der Waals surface area contributed by atoms with Crippen LogP contribution in [-0.2, 0) is 11.3 Å². The van der Waals surface area contributed by atoms with Crippen molar-refractivity contribution >= 4 is 5.78 Å². The molecule has 0 fully saturated rings. The summed E-state index contributed by atoms with van der Waals surface area (Å²) in [5, 5.41) is 0. The number of imidazole rings is 1. The van der Waals surface area contributed by atoms with Gasteiger partial charge in [0, 0.05) is 19.7 Å². The van der Waals surface area contributed by atoms with Crippen molar-refractivity contribution < 1.29 is 9.53 Å². The predicted octanol–water partition coefficient (Wildman–Crippen LogP) is 1.07. The number of Topliss-reactive ketones (excluding diaryl/α,β-unsaturated/α-hetero) is 1. The highest BCUT2D eigenvalue weighted by Crippen LogP contribution is 2.05. The minimum absolute atomic E-state index is 0.0221. The van der Waals surface area contributed by atoms with Crippen molar-refractivity contribution in [3.63, 3.8) is 0 Å². The number of nitrogens with zero attached hydrogens (tertiary/aromatic N) is 1. The van der Waals surface area contributed by atoms with Crippen molar-refractivity contribution in [2.45, 2.75) is 20.5 Å². The molecule has 1 N–H and O–H groups in total. The highest BCUT2D eigenvalue weighted by atomic mass is 16.5. The van der Waals surface area contributed by atoms with Crippen molar-refractivity contribution in [2.24, 2.45) is 0 Å². The number of ketones is 1. The van der Waals surface area contributed by atoms with E-state index in [1.165, 1.54) is 6.92 Å². The fourth-order valence-corrected chi connectivity index (χ4v) is 1.07. The number of methoxy groups -OCH3 is 1. The molecule has 0 bridgehead atoms. The summed E-state index contributed by atoms with van der Waals surface area (Å²) in [4.78, 5) is 18.0. The lowest BCUT2D eigenvalue weighted by molar-refractivity contribution is 0.101. The van der Waals surface area contributed by atoms with Crippen LogP contribution in [-0.4, -0.2) is 22.9 Å². The second kappa shape index (κ2) is 3.49. The van der Waals surface area contributed by atoms with Gasteiger partial charge in [0.05, 0.1) is 0 Å². The zero-order chi connectivity index (χ0) is 9.14. The molecule has 12 heavy (non-hydrogen) atoms. The molecule has 0 aliphatic heterocycles. The number of H-pyrrole nitrogens is 1. The molecule has 0 aliphatic carbocycles. The molecule has 1 rings (SSSR count). The minimum Gasteiger partial charge on any atom is -0.377 e. The van der Waals surface area contributed by atoms with Gasteiger partial charge in [0.25, 0.3) is 0 Å². The number of nitrogens with one attached hydrogen (secondary N) is 1. The molecule has 0 aromatic carbocycles. The quantitative estimate of drug-likeness (QED) is 0.687. The van der Waals surface area contributed by atoms with Crippen LogP contribution in [0.15, 0.2) is 0 Å². The molecule has 0 saturated heterocycles. The minimum atomic E-state index is -0.0221. The Morgan fingerprint density at radius 2 is 2.33 bits per heavy atom. The van der Waals surface area contributed by atoms with E-state index in [4.69, 9.17) is 4.74 Å². The summed E-state index contributed by atoms with van der Waals surface area (Å²) in [7, 11) is 1.59. The van der Waals surface area contributed by atoms with Gasteiger partial charge >= 0.3 is 0 Å². The number of rotatable bonds is 3. The molecule has 0 atom stereocenters. The van der Waals surface area contributed by atoms with E-state index in [-0.39, 0.29) is 5.78 Å². The van der Waals surface area contributed by atoms with E-state index >= 15 is 0 Å². The standard InChI is InChI=1S/C8H12N2O2/c1-5-8(6(2)11)10-7(9-5)4-12-3/h4H2,1-3H3,(H,9,10). The van der Waals surface area contributed by atoms with Crippen LogP contribution in [0, 0.1) is 6.92 Å². The van der Waals surface area contributed by atoms with Gasteiger partial charge in [0.15, 0.2) is 5.78 Å². The third-order valence-corrected chi connectivity index (χ3v) is 1.55. The van der Waals surface area contributed by atoms with E-state index in [9.17, 15) is 4.79 Å². The molecule has 4 heteroatoms. The highest BCUT2D eigenvalue weighted by Gasteiger charge is 2.09. The summed E-state index contributed by atoms with van der Waals surface area (Å²) < 4.78 is 4.87. The molecule has 1 aromatic rings. The van der Waals surface area contributed by atoms with Gasteiger partial charge < -0.3 is 9.72 Å². The van der Waals surface area contributed by atoms with E-state index in [0.29, 0.717) is 18.1 Å². The monoisotopic (exact) mass is 168 g/mol. The van der Waals surface area contributed by atoms with Crippen molar-refractivity contribution in [1.29, 1.82) is 0 Å². The van der Waals surface area contributed by atoms with Gasteiger partial charge in [-0.2, -0.15) is 0 Å². The SMILES string of the molecule is COCc1nc(C(C)=O)c(C)[nH]1. The van der Waals surface area contributed by atoms with E-state index < -0.39 is 0 Å². The molecule has 0 saturated carbocycles. The summed E-state index contributed by atoms with van der Waals surface area (Å²) in [5.74, 6) is 0.673. The topological polar surface area (TPSA) is 55.0 Å². The fraction of sp³-hybridized carbons (Fsp3) is 0.500. The first-order chi connectivity index (χ1) is 5.65. The molecule has 1 aromatic heterocycles. The third-order valence-electron chi connectivity index (χ3n) is 1.55. The Bertz CT molecular complexity index is 291. The first kappa shape index (κ1) is 8.93. The molecule has 0 radical (unpaired) electrons. The van der Waals surface area contributed by atoms with Crippen LogP contribution in [0.4, 0.5) is 0 Å². The number of aryl methyl sites for hydroxylation is 1. The Balaban J connectivity index is 2.92. The predicted molar refractivity (Wildman–Crippen MR) is 44.0 cm³/mol. The Morgan fingerprint density at radius 1 is 1.67 bits per heavy atom. The van der Waals surface area contributed by atoms with Gasteiger partial charge in [-0.15, -0.1) is 0 Å². The van der Waals surface area contributed by atoms with Crippen LogP contribution in [0.25, 0.3) is 0 Å². The number of aromatic amines is 1. The third kappa shape index (κ3) is 1.71. The number of hydrogen-bond acceptors (Lipinski definition) is 3. The van der Waals surface area contributed by atoms with E-state index in [1.807, 2.05) is 6.92 Å². The number of carbonyl (C=O) groups excluding carboxylic acids is 1. The maximum absolute atomic E-state index is 11.0. The lowest BCUT2D eigenvalue weighted by Crippen LogP contribution is -1.95. The van der Waals surface area contributed by atoms with E-state index in [1.54, 1.807) is 7.11 Å². The first-order valence-corrected chi connectivity index (χ1v) is 3.70. The average molecular weight is 168 g/mol.